The van der Waals surface area contributed by atoms with E-state index in [0.29, 0.717) is 13.5 Å². The number of carbonyl (C=O) groups is 3. The number of aromatic nitrogens is 3. The standard InChI is InChI=1S/C21H14Br3ClN6O4/c1-3-7-30(21(34)35-2)29-19(32)12-8-11(22)9-13(23)17(12)27-20(33)15-10-16(24)28-31(15)18-14(25)5-4-6-26-18/h1,4-6,8-10H,7H2,2H3,(H,27,33)(H,29,32). The van der Waals surface area contributed by atoms with Crippen LogP contribution >= 0.6 is 59.4 Å². The predicted octanol–water partition coefficient (Wildman–Crippen LogP) is 4.81. The number of amides is 3. The van der Waals surface area contributed by atoms with Crippen molar-refractivity contribution in [1.29, 1.82) is 0 Å². The van der Waals surface area contributed by atoms with Crippen molar-refractivity contribution in [3.05, 3.63) is 66.4 Å². The Labute approximate surface area is 229 Å². The van der Waals surface area contributed by atoms with E-state index in [9.17, 15) is 14.4 Å². The van der Waals surface area contributed by atoms with Gasteiger partial charge in [0, 0.05) is 21.2 Å². The summed E-state index contributed by atoms with van der Waals surface area (Å²) in [6.45, 7) is -0.243. The second kappa shape index (κ2) is 11.7. The molecule has 35 heavy (non-hydrogen) atoms. The highest BCUT2D eigenvalue weighted by Crippen LogP contribution is 2.32. The molecule has 0 saturated carbocycles. The number of hydrogen-bond acceptors (Lipinski definition) is 6. The third-order valence-electron chi connectivity index (χ3n) is 4.27. The predicted molar refractivity (Wildman–Crippen MR) is 139 cm³/mol. The summed E-state index contributed by atoms with van der Waals surface area (Å²) in [5.41, 5.74) is 2.60. The molecule has 0 aliphatic heterocycles. The molecule has 0 saturated heterocycles. The minimum atomic E-state index is -0.864. The second-order valence-corrected chi connectivity index (χ2v) is 9.53. The highest BCUT2D eigenvalue weighted by Gasteiger charge is 2.24. The molecule has 0 fully saturated rings. The molecule has 0 unspecified atom stereocenters. The van der Waals surface area contributed by atoms with Crippen LogP contribution in [0.2, 0.25) is 5.02 Å². The Morgan fingerprint density at radius 2 is 1.97 bits per heavy atom. The maximum atomic E-state index is 13.3. The molecule has 0 bridgehead atoms. The smallest absolute Gasteiger partial charge is 0.429 e. The molecular weight excluding hydrogens is 675 g/mol. The van der Waals surface area contributed by atoms with Crippen molar-refractivity contribution in [1.82, 2.24) is 25.2 Å². The number of terminal acetylenes is 1. The van der Waals surface area contributed by atoms with Gasteiger partial charge >= 0.3 is 6.09 Å². The molecule has 10 nitrogen and oxygen atoms in total. The lowest BCUT2D eigenvalue weighted by atomic mass is 10.1. The largest absolute Gasteiger partial charge is 0.451 e. The first-order valence-corrected chi connectivity index (χ1v) is 12.2. The first-order valence-electron chi connectivity index (χ1n) is 9.43. The topological polar surface area (TPSA) is 118 Å². The van der Waals surface area contributed by atoms with E-state index < -0.39 is 17.9 Å². The molecule has 180 valence electrons. The minimum Gasteiger partial charge on any atom is -0.451 e. The van der Waals surface area contributed by atoms with Gasteiger partial charge in [-0.25, -0.2) is 19.5 Å². The van der Waals surface area contributed by atoms with Crippen LogP contribution in [0.3, 0.4) is 0 Å². The maximum Gasteiger partial charge on any atom is 0.429 e. The lowest BCUT2D eigenvalue weighted by molar-refractivity contribution is 0.0741. The average Bonchev–Trinajstić information content (AvgIpc) is 3.21. The fraction of sp³-hybridized carbons (Fsp3) is 0.0952. The number of hydrogen-bond donors (Lipinski definition) is 2. The van der Waals surface area contributed by atoms with E-state index in [4.69, 9.17) is 18.0 Å². The van der Waals surface area contributed by atoms with E-state index in [2.05, 4.69) is 79.3 Å². The summed E-state index contributed by atoms with van der Waals surface area (Å²) in [5, 5.41) is 8.03. The molecule has 1 aromatic carbocycles. The lowest BCUT2D eigenvalue weighted by Gasteiger charge is -2.21. The fourth-order valence-electron chi connectivity index (χ4n) is 2.80. The molecule has 3 rings (SSSR count). The number of methoxy groups -OCH3 is 1. The monoisotopic (exact) mass is 686 g/mol. The summed E-state index contributed by atoms with van der Waals surface area (Å²) in [7, 11) is 1.15. The molecule has 2 heterocycles. The van der Waals surface area contributed by atoms with Gasteiger partial charge in [-0.3, -0.25) is 15.0 Å². The van der Waals surface area contributed by atoms with Crippen molar-refractivity contribution < 1.29 is 19.1 Å². The minimum absolute atomic E-state index is 0.0199. The zero-order valence-corrected chi connectivity index (χ0v) is 23.2. The van der Waals surface area contributed by atoms with Crippen molar-refractivity contribution in [2.45, 2.75) is 0 Å². The fourth-order valence-corrected chi connectivity index (χ4v) is 4.70. The van der Waals surface area contributed by atoms with E-state index in [0.717, 1.165) is 12.1 Å². The third kappa shape index (κ3) is 6.21. The summed E-state index contributed by atoms with van der Waals surface area (Å²) in [6, 6.07) is 7.82. The van der Waals surface area contributed by atoms with E-state index in [1.165, 1.54) is 23.0 Å². The second-order valence-electron chi connectivity index (χ2n) is 6.54. The molecular formula is C21H14Br3ClN6O4. The molecule has 14 heteroatoms. The molecule has 0 aliphatic rings. The van der Waals surface area contributed by atoms with Crippen molar-refractivity contribution in [3.63, 3.8) is 0 Å². The van der Waals surface area contributed by atoms with E-state index >= 15 is 0 Å². The van der Waals surface area contributed by atoms with Crippen LogP contribution in [0.15, 0.2) is 50.1 Å². The Morgan fingerprint density at radius 3 is 2.63 bits per heavy atom. The number of anilines is 1. The molecule has 2 aromatic heterocycles. The Hall–Kier alpha value is -2.92. The van der Waals surface area contributed by atoms with Crippen LogP contribution in [0.1, 0.15) is 20.8 Å². The zero-order chi connectivity index (χ0) is 25.7. The van der Waals surface area contributed by atoms with Gasteiger partial charge in [0.15, 0.2) is 5.82 Å². The van der Waals surface area contributed by atoms with Crippen LogP contribution < -0.4 is 10.7 Å². The molecule has 0 radical (unpaired) electrons. The SMILES string of the molecule is C#CCN(NC(=O)c1cc(Br)cc(Br)c1NC(=O)c1cc(Br)nn1-c1ncccc1Cl)C(=O)OC. The van der Waals surface area contributed by atoms with Crippen LogP contribution in [0.4, 0.5) is 10.5 Å². The molecule has 0 atom stereocenters. The Bertz CT molecular complexity index is 1360. The normalized spacial score (nSPS) is 10.3. The highest BCUT2D eigenvalue weighted by molar-refractivity contribution is 9.11. The molecule has 0 spiro atoms. The van der Waals surface area contributed by atoms with Gasteiger partial charge in [0.05, 0.1) is 23.4 Å². The Balaban J connectivity index is 1.99. The van der Waals surface area contributed by atoms with Crippen molar-refractivity contribution >= 4 is 83.0 Å². The highest BCUT2D eigenvalue weighted by atomic mass is 79.9. The first-order chi connectivity index (χ1) is 16.7. The summed E-state index contributed by atoms with van der Waals surface area (Å²) in [4.78, 5) is 42.5. The van der Waals surface area contributed by atoms with Gasteiger partial charge < -0.3 is 10.1 Å². The molecule has 0 aliphatic carbocycles. The number of hydrazine groups is 1. The third-order valence-corrected chi connectivity index (χ3v) is 6.04. The van der Waals surface area contributed by atoms with Crippen LogP contribution in [-0.2, 0) is 4.74 Å². The van der Waals surface area contributed by atoms with Crippen molar-refractivity contribution in [3.8, 4) is 18.2 Å². The van der Waals surface area contributed by atoms with Gasteiger partial charge in [-0.05, 0) is 56.1 Å². The van der Waals surface area contributed by atoms with Gasteiger partial charge in [0.1, 0.15) is 16.8 Å². The summed E-state index contributed by atoms with van der Waals surface area (Å²) in [5.74, 6) is 1.14. The maximum absolute atomic E-state index is 13.3. The van der Waals surface area contributed by atoms with Crippen LogP contribution in [0, 0.1) is 12.3 Å². The Morgan fingerprint density at radius 1 is 1.23 bits per heavy atom. The van der Waals surface area contributed by atoms with Gasteiger partial charge in [0.25, 0.3) is 11.8 Å². The number of nitrogens with one attached hydrogen (secondary N) is 2. The quantitative estimate of drug-likeness (QED) is 0.294. The molecule has 2 N–H and O–H groups in total. The van der Waals surface area contributed by atoms with Crippen molar-refractivity contribution in [2.24, 2.45) is 0 Å². The number of nitrogens with zero attached hydrogens (tertiary/aromatic N) is 4. The van der Waals surface area contributed by atoms with E-state index in [-0.39, 0.29) is 34.3 Å². The number of rotatable bonds is 5. The van der Waals surface area contributed by atoms with Gasteiger partial charge in [-0.2, -0.15) is 5.10 Å². The summed E-state index contributed by atoms with van der Waals surface area (Å²) >= 11 is 16.2. The molecule has 3 amide bonds. The van der Waals surface area contributed by atoms with Crippen LogP contribution in [0.5, 0.6) is 0 Å². The van der Waals surface area contributed by atoms with Gasteiger partial charge in [-0.15, -0.1) is 6.42 Å². The number of halogens is 4. The number of pyridine rings is 1. The van der Waals surface area contributed by atoms with E-state index in [1.807, 2.05) is 0 Å². The van der Waals surface area contributed by atoms with Crippen LogP contribution in [-0.4, -0.2) is 51.3 Å². The number of ether oxygens (including phenoxy) is 1. The zero-order valence-electron chi connectivity index (χ0n) is 17.7. The average molecular weight is 690 g/mol. The first kappa shape index (κ1) is 26.7. The number of benzene rings is 1. The van der Waals surface area contributed by atoms with Gasteiger partial charge in [-0.1, -0.05) is 33.5 Å². The summed E-state index contributed by atoms with van der Waals surface area (Å²) in [6.07, 6.45) is 5.92. The molecule has 3 aromatic rings. The summed E-state index contributed by atoms with van der Waals surface area (Å²) < 4.78 is 7.16. The van der Waals surface area contributed by atoms with Gasteiger partial charge in [0.2, 0.25) is 0 Å². The lowest BCUT2D eigenvalue weighted by Crippen LogP contribution is -2.46. The Kier molecular flexibility index (Phi) is 8.90. The van der Waals surface area contributed by atoms with Crippen molar-refractivity contribution in [2.75, 3.05) is 19.0 Å². The van der Waals surface area contributed by atoms with Crippen LogP contribution in [0.25, 0.3) is 5.82 Å². The van der Waals surface area contributed by atoms with E-state index in [1.54, 1.807) is 18.2 Å². The number of carbonyl (C=O) groups excluding carboxylic acids is 3.